The van der Waals surface area contributed by atoms with Crippen molar-refractivity contribution in [3.05, 3.63) is 224 Å². The summed E-state index contributed by atoms with van der Waals surface area (Å²) in [5.41, 5.74) is 10.6. The van der Waals surface area contributed by atoms with E-state index in [-0.39, 0.29) is 0 Å². The summed E-state index contributed by atoms with van der Waals surface area (Å²) in [5.74, 6) is 0. The van der Waals surface area contributed by atoms with Crippen LogP contribution in [0.15, 0.2) is 224 Å². The molecule has 0 atom stereocenters. The predicted molar refractivity (Wildman–Crippen MR) is 260 cm³/mol. The Balaban J connectivity index is 1.03. The molecule has 0 radical (unpaired) electrons. The SMILES string of the molecule is c1cc(-c2ccccc2N(c2ccc(-c3ccc4c5ccccc5c5ccccc5c4c3)cc2)c2cccc3c2sc2ccccc23)cc(-c2cccc3ccccc23)c1. The van der Waals surface area contributed by atoms with Gasteiger partial charge in [-0.2, -0.15) is 0 Å². The maximum atomic E-state index is 2.47. The van der Waals surface area contributed by atoms with E-state index in [0.29, 0.717) is 0 Å². The van der Waals surface area contributed by atoms with Gasteiger partial charge in [-0.15, -0.1) is 11.3 Å². The van der Waals surface area contributed by atoms with Crippen molar-refractivity contribution in [1.82, 2.24) is 0 Å². The molecule has 12 aromatic rings. The lowest BCUT2D eigenvalue weighted by atomic mass is 9.92. The molecule has 0 amide bonds. The molecule has 0 saturated heterocycles. The van der Waals surface area contributed by atoms with E-state index in [1.807, 2.05) is 11.3 Å². The summed E-state index contributed by atoms with van der Waals surface area (Å²) in [4.78, 5) is 2.47. The second-order valence-electron chi connectivity index (χ2n) is 15.6. The average Bonchev–Trinajstić information content (AvgIpc) is 3.71. The van der Waals surface area contributed by atoms with Crippen LogP contribution in [0.5, 0.6) is 0 Å². The molecule has 11 aromatic carbocycles. The van der Waals surface area contributed by atoms with E-state index < -0.39 is 0 Å². The molecule has 0 bridgehead atoms. The van der Waals surface area contributed by atoms with Gasteiger partial charge in [-0.1, -0.05) is 182 Å². The molecule has 0 unspecified atom stereocenters. The van der Waals surface area contributed by atoms with Crippen molar-refractivity contribution in [2.75, 3.05) is 4.90 Å². The molecule has 60 heavy (non-hydrogen) atoms. The number of hydrogen-bond donors (Lipinski definition) is 0. The number of fused-ring (bicyclic) bond motifs is 10. The van der Waals surface area contributed by atoms with Gasteiger partial charge < -0.3 is 4.90 Å². The van der Waals surface area contributed by atoms with Crippen LogP contribution in [0.25, 0.3) is 96.6 Å². The Kier molecular flexibility index (Phi) is 8.11. The van der Waals surface area contributed by atoms with Gasteiger partial charge in [0, 0.05) is 26.7 Å². The number of nitrogens with zero attached hydrogens (tertiary/aromatic N) is 1. The Bertz CT molecular complexity index is 3570. The first kappa shape index (κ1) is 34.5. The van der Waals surface area contributed by atoms with Crippen LogP contribution in [0.3, 0.4) is 0 Å². The number of benzene rings is 11. The highest BCUT2D eigenvalue weighted by Gasteiger charge is 2.21. The number of hydrogen-bond acceptors (Lipinski definition) is 2. The highest BCUT2D eigenvalue weighted by Crippen LogP contribution is 2.48. The maximum absolute atomic E-state index is 2.47. The molecule has 0 fully saturated rings. The minimum absolute atomic E-state index is 1.11. The summed E-state index contributed by atoms with van der Waals surface area (Å²) in [7, 11) is 0. The van der Waals surface area contributed by atoms with Crippen LogP contribution < -0.4 is 4.90 Å². The van der Waals surface area contributed by atoms with Crippen molar-refractivity contribution >= 4 is 91.7 Å². The monoisotopic (exact) mass is 779 g/mol. The van der Waals surface area contributed by atoms with Gasteiger partial charge in [0.15, 0.2) is 0 Å². The van der Waals surface area contributed by atoms with E-state index in [1.54, 1.807) is 0 Å². The largest absolute Gasteiger partial charge is 0.308 e. The zero-order valence-corrected chi connectivity index (χ0v) is 33.5. The molecule has 1 heterocycles. The number of para-hydroxylation sites is 1. The number of anilines is 3. The minimum Gasteiger partial charge on any atom is -0.308 e. The lowest BCUT2D eigenvalue weighted by Crippen LogP contribution is -2.11. The topological polar surface area (TPSA) is 3.24 Å². The molecule has 1 nitrogen and oxygen atoms in total. The first-order valence-corrected chi connectivity index (χ1v) is 21.4. The van der Waals surface area contributed by atoms with Crippen molar-refractivity contribution in [3.8, 4) is 33.4 Å². The first-order valence-electron chi connectivity index (χ1n) is 20.6. The average molecular weight is 780 g/mol. The van der Waals surface area contributed by atoms with E-state index in [1.165, 1.54) is 102 Å². The van der Waals surface area contributed by atoms with Gasteiger partial charge in [0.05, 0.1) is 16.1 Å². The summed E-state index contributed by atoms with van der Waals surface area (Å²) in [5, 5.41) is 12.8. The van der Waals surface area contributed by atoms with Gasteiger partial charge in [-0.3, -0.25) is 0 Å². The van der Waals surface area contributed by atoms with Crippen LogP contribution in [0.4, 0.5) is 17.1 Å². The molecule has 0 N–H and O–H groups in total. The quantitative estimate of drug-likeness (QED) is 0.152. The van der Waals surface area contributed by atoms with Gasteiger partial charge in [0.1, 0.15) is 0 Å². The summed E-state index contributed by atoms with van der Waals surface area (Å²) in [6.07, 6.45) is 0. The van der Waals surface area contributed by atoms with Crippen LogP contribution in [0, 0.1) is 0 Å². The van der Waals surface area contributed by atoms with E-state index in [2.05, 4.69) is 229 Å². The highest BCUT2D eigenvalue weighted by molar-refractivity contribution is 7.26. The van der Waals surface area contributed by atoms with Gasteiger partial charge in [-0.05, 0) is 113 Å². The summed E-state index contributed by atoms with van der Waals surface area (Å²) < 4.78 is 2.57. The molecule has 0 aliphatic heterocycles. The smallest absolute Gasteiger partial charge is 0.0640 e. The third-order valence-corrected chi connectivity index (χ3v) is 13.5. The van der Waals surface area contributed by atoms with Gasteiger partial charge in [-0.25, -0.2) is 0 Å². The third-order valence-electron chi connectivity index (χ3n) is 12.2. The normalized spacial score (nSPS) is 11.7. The van der Waals surface area contributed by atoms with E-state index in [9.17, 15) is 0 Å². The molecular formula is C58H37NS. The summed E-state index contributed by atoms with van der Waals surface area (Å²) >= 11 is 1.87. The molecular weight excluding hydrogens is 743 g/mol. The molecule has 280 valence electrons. The summed E-state index contributed by atoms with van der Waals surface area (Å²) in [6, 6.07) is 82.5. The Hall–Kier alpha value is -7.52. The maximum Gasteiger partial charge on any atom is 0.0640 e. The fourth-order valence-corrected chi connectivity index (χ4v) is 10.7. The molecule has 0 aliphatic rings. The Morgan fingerprint density at radius 3 is 1.58 bits per heavy atom. The zero-order chi connectivity index (χ0) is 39.6. The molecule has 0 aliphatic carbocycles. The second-order valence-corrected chi connectivity index (χ2v) is 16.7. The predicted octanol–water partition coefficient (Wildman–Crippen LogP) is 17.1. The zero-order valence-electron chi connectivity index (χ0n) is 32.7. The van der Waals surface area contributed by atoms with Crippen molar-refractivity contribution in [3.63, 3.8) is 0 Å². The Morgan fingerprint density at radius 2 is 0.800 bits per heavy atom. The van der Waals surface area contributed by atoms with Crippen molar-refractivity contribution in [1.29, 1.82) is 0 Å². The fraction of sp³-hybridized carbons (Fsp3) is 0. The lowest BCUT2D eigenvalue weighted by molar-refractivity contribution is 1.30. The van der Waals surface area contributed by atoms with Crippen molar-refractivity contribution in [2.24, 2.45) is 0 Å². The van der Waals surface area contributed by atoms with Crippen LogP contribution in [0.1, 0.15) is 0 Å². The molecule has 2 heteroatoms. The van der Waals surface area contributed by atoms with Crippen LogP contribution in [-0.4, -0.2) is 0 Å². The molecule has 0 spiro atoms. The van der Waals surface area contributed by atoms with Crippen LogP contribution in [-0.2, 0) is 0 Å². The van der Waals surface area contributed by atoms with Gasteiger partial charge in [0.25, 0.3) is 0 Å². The first-order chi connectivity index (χ1) is 29.8. The molecule has 12 rings (SSSR count). The highest BCUT2D eigenvalue weighted by atomic mass is 32.1. The fourth-order valence-electron chi connectivity index (χ4n) is 9.45. The van der Waals surface area contributed by atoms with E-state index >= 15 is 0 Å². The lowest BCUT2D eigenvalue weighted by Gasteiger charge is -2.28. The Morgan fingerprint density at radius 1 is 0.283 bits per heavy atom. The van der Waals surface area contributed by atoms with E-state index in [4.69, 9.17) is 0 Å². The van der Waals surface area contributed by atoms with Crippen molar-refractivity contribution in [2.45, 2.75) is 0 Å². The van der Waals surface area contributed by atoms with Gasteiger partial charge in [0.2, 0.25) is 0 Å². The van der Waals surface area contributed by atoms with Gasteiger partial charge >= 0.3 is 0 Å². The molecule has 1 aromatic heterocycles. The number of thiophene rings is 1. The molecule has 0 saturated carbocycles. The van der Waals surface area contributed by atoms with E-state index in [0.717, 1.165) is 11.4 Å². The van der Waals surface area contributed by atoms with Crippen molar-refractivity contribution < 1.29 is 0 Å². The van der Waals surface area contributed by atoms with Crippen LogP contribution >= 0.6 is 11.3 Å². The third kappa shape index (κ3) is 5.61. The minimum atomic E-state index is 1.11. The number of rotatable bonds is 6. The van der Waals surface area contributed by atoms with Crippen LogP contribution in [0.2, 0.25) is 0 Å². The standard InChI is InChI=1S/C58H37NS/c1-2-18-44-39(14-1)15-12-25-45(44)41-16-11-17-42(36-41)46-19-7-9-27-55(46)59(56-28-13-26-53-52-24-8-10-29-57(52)60-58(53)56)43-33-30-38(31-34-43)40-32-35-51-49-22-4-3-20-47(49)48-21-5-6-23-50(48)54(51)37-40/h1-37H. The Labute approximate surface area is 352 Å². The summed E-state index contributed by atoms with van der Waals surface area (Å²) in [6.45, 7) is 0. The second kappa shape index (κ2) is 14.1.